The van der Waals surface area contributed by atoms with Crippen LogP contribution in [-0.4, -0.2) is 30.1 Å². The summed E-state index contributed by atoms with van der Waals surface area (Å²) in [5.41, 5.74) is 0.806. The topological polar surface area (TPSA) is 75.6 Å². The van der Waals surface area contributed by atoms with E-state index in [9.17, 15) is 9.59 Å². The third-order valence-corrected chi connectivity index (χ3v) is 2.27. The van der Waals surface area contributed by atoms with E-state index < -0.39 is 12.0 Å². The minimum atomic E-state index is -1.05. The summed E-state index contributed by atoms with van der Waals surface area (Å²) in [5, 5.41) is 11.0. The van der Waals surface area contributed by atoms with Gasteiger partial charge in [-0.2, -0.15) is 0 Å². The van der Waals surface area contributed by atoms with E-state index in [2.05, 4.69) is 5.32 Å². The molecule has 0 radical (unpaired) electrons. The van der Waals surface area contributed by atoms with Gasteiger partial charge in [-0.05, 0) is 24.6 Å². The van der Waals surface area contributed by atoms with Gasteiger partial charge in [0.1, 0.15) is 11.8 Å². The van der Waals surface area contributed by atoms with Gasteiger partial charge in [0.25, 0.3) is 0 Å². The molecule has 0 aliphatic heterocycles. The van der Waals surface area contributed by atoms with Crippen LogP contribution >= 0.6 is 0 Å². The average molecular weight is 237 g/mol. The Morgan fingerprint density at radius 2 is 1.94 bits per heavy atom. The number of amides is 1. The minimum Gasteiger partial charge on any atom is -0.497 e. The smallest absolute Gasteiger partial charge is 0.325 e. The molecule has 0 aliphatic carbocycles. The van der Waals surface area contributed by atoms with Gasteiger partial charge in [-0.1, -0.05) is 12.1 Å². The molecule has 0 fully saturated rings. The van der Waals surface area contributed by atoms with Crippen LogP contribution < -0.4 is 10.1 Å². The first-order chi connectivity index (χ1) is 8.02. The standard InChI is InChI=1S/C12H15NO4/c1-8(12(15)16)13-11(14)7-9-3-5-10(17-2)6-4-9/h3-6,8H,7H2,1-2H3,(H,13,14)(H,15,16). The molecule has 2 N–H and O–H groups in total. The van der Waals surface area contributed by atoms with E-state index >= 15 is 0 Å². The van der Waals surface area contributed by atoms with Crippen molar-refractivity contribution in [3.05, 3.63) is 29.8 Å². The number of rotatable bonds is 5. The molecule has 1 unspecified atom stereocenters. The Morgan fingerprint density at radius 3 is 2.41 bits per heavy atom. The fourth-order valence-corrected chi connectivity index (χ4v) is 1.28. The number of hydrogen-bond donors (Lipinski definition) is 2. The summed E-state index contributed by atoms with van der Waals surface area (Å²) >= 11 is 0. The number of methoxy groups -OCH3 is 1. The maximum Gasteiger partial charge on any atom is 0.325 e. The second-order valence-corrected chi connectivity index (χ2v) is 3.65. The second kappa shape index (κ2) is 5.89. The highest BCUT2D eigenvalue weighted by Crippen LogP contribution is 2.11. The van der Waals surface area contributed by atoms with Gasteiger partial charge in [0.2, 0.25) is 5.91 Å². The second-order valence-electron chi connectivity index (χ2n) is 3.65. The van der Waals surface area contributed by atoms with Crippen molar-refractivity contribution < 1.29 is 19.4 Å². The third kappa shape index (κ3) is 4.14. The summed E-state index contributed by atoms with van der Waals surface area (Å²) in [6, 6.07) is 6.17. The predicted molar refractivity (Wildman–Crippen MR) is 61.9 cm³/mol. The lowest BCUT2D eigenvalue weighted by molar-refractivity contribution is -0.141. The van der Waals surface area contributed by atoms with E-state index in [4.69, 9.17) is 9.84 Å². The van der Waals surface area contributed by atoms with Crippen molar-refractivity contribution in [1.29, 1.82) is 0 Å². The highest BCUT2D eigenvalue weighted by Gasteiger charge is 2.13. The van der Waals surface area contributed by atoms with Crippen LogP contribution in [0.3, 0.4) is 0 Å². The van der Waals surface area contributed by atoms with Crippen molar-refractivity contribution in [2.45, 2.75) is 19.4 Å². The van der Waals surface area contributed by atoms with E-state index in [1.165, 1.54) is 6.92 Å². The van der Waals surface area contributed by atoms with E-state index in [1.54, 1.807) is 31.4 Å². The number of aliphatic carboxylic acids is 1. The third-order valence-electron chi connectivity index (χ3n) is 2.27. The van der Waals surface area contributed by atoms with Crippen molar-refractivity contribution in [2.24, 2.45) is 0 Å². The molecule has 0 aromatic heterocycles. The predicted octanol–water partition coefficient (Wildman–Crippen LogP) is 0.827. The average Bonchev–Trinajstić information content (AvgIpc) is 2.29. The van der Waals surface area contributed by atoms with Crippen LogP contribution in [0, 0.1) is 0 Å². The van der Waals surface area contributed by atoms with E-state index in [0.29, 0.717) is 5.75 Å². The Labute approximate surface area is 99.4 Å². The molecule has 1 rings (SSSR count). The van der Waals surface area contributed by atoms with Crippen LogP contribution in [0.1, 0.15) is 12.5 Å². The van der Waals surface area contributed by atoms with Gasteiger partial charge in [0.05, 0.1) is 13.5 Å². The summed E-state index contributed by atoms with van der Waals surface area (Å²) in [4.78, 5) is 22.0. The molecule has 1 aromatic carbocycles. The fraction of sp³-hybridized carbons (Fsp3) is 0.333. The number of benzene rings is 1. The maximum absolute atomic E-state index is 11.5. The number of carboxylic acids is 1. The van der Waals surface area contributed by atoms with Crippen molar-refractivity contribution in [1.82, 2.24) is 5.32 Å². The zero-order valence-electron chi connectivity index (χ0n) is 9.77. The summed E-state index contributed by atoms with van der Waals surface area (Å²) < 4.78 is 4.99. The monoisotopic (exact) mass is 237 g/mol. The number of hydrogen-bond acceptors (Lipinski definition) is 3. The normalized spacial score (nSPS) is 11.6. The summed E-state index contributed by atoms with van der Waals surface area (Å²) in [6.07, 6.45) is 0.154. The molecule has 1 aromatic rings. The lowest BCUT2D eigenvalue weighted by Gasteiger charge is -2.09. The van der Waals surface area contributed by atoms with Gasteiger partial charge in [-0.25, -0.2) is 0 Å². The Morgan fingerprint density at radius 1 is 1.35 bits per heavy atom. The summed E-state index contributed by atoms with van der Waals surface area (Å²) in [6.45, 7) is 1.42. The Balaban J connectivity index is 2.53. The molecule has 0 saturated heterocycles. The number of carboxylic acid groups (broad SMARTS) is 1. The Hall–Kier alpha value is -2.04. The van der Waals surface area contributed by atoms with Crippen LogP contribution in [0.25, 0.3) is 0 Å². The maximum atomic E-state index is 11.5. The highest BCUT2D eigenvalue weighted by molar-refractivity contribution is 5.84. The number of carbonyl (C=O) groups is 2. The van der Waals surface area contributed by atoms with Gasteiger partial charge >= 0.3 is 5.97 Å². The summed E-state index contributed by atoms with van der Waals surface area (Å²) in [7, 11) is 1.57. The van der Waals surface area contributed by atoms with Crippen molar-refractivity contribution in [3.63, 3.8) is 0 Å². The molecule has 92 valence electrons. The molecule has 0 bridgehead atoms. The molecule has 0 spiro atoms. The van der Waals surface area contributed by atoms with Gasteiger partial charge in [-0.3, -0.25) is 9.59 Å². The quantitative estimate of drug-likeness (QED) is 0.795. The van der Waals surface area contributed by atoms with E-state index in [0.717, 1.165) is 5.56 Å². The molecule has 17 heavy (non-hydrogen) atoms. The molecule has 0 heterocycles. The highest BCUT2D eigenvalue weighted by atomic mass is 16.5. The first-order valence-electron chi connectivity index (χ1n) is 5.18. The van der Waals surface area contributed by atoms with Crippen molar-refractivity contribution in [2.75, 3.05) is 7.11 Å². The van der Waals surface area contributed by atoms with Crippen LogP contribution in [-0.2, 0) is 16.0 Å². The molecule has 1 amide bonds. The van der Waals surface area contributed by atoms with Crippen LogP contribution in [0.5, 0.6) is 5.75 Å². The number of ether oxygens (including phenoxy) is 1. The van der Waals surface area contributed by atoms with Gasteiger partial charge < -0.3 is 15.2 Å². The number of carbonyl (C=O) groups excluding carboxylic acids is 1. The Kier molecular flexibility index (Phi) is 4.51. The molecule has 0 aliphatic rings. The Bertz CT molecular complexity index is 399. The van der Waals surface area contributed by atoms with E-state index in [1.807, 2.05) is 0 Å². The van der Waals surface area contributed by atoms with Crippen LogP contribution in [0.15, 0.2) is 24.3 Å². The minimum absolute atomic E-state index is 0.154. The molecular formula is C12H15NO4. The van der Waals surface area contributed by atoms with Crippen molar-refractivity contribution >= 4 is 11.9 Å². The molecule has 5 nitrogen and oxygen atoms in total. The molecule has 5 heteroatoms. The molecule has 1 atom stereocenters. The van der Waals surface area contributed by atoms with Gasteiger partial charge in [0, 0.05) is 0 Å². The molecular weight excluding hydrogens is 222 g/mol. The lowest BCUT2D eigenvalue weighted by Crippen LogP contribution is -2.39. The van der Waals surface area contributed by atoms with Gasteiger partial charge in [0.15, 0.2) is 0 Å². The first-order valence-corrected chi connectivity index (χ1v) is 5.18. The lowest BCUT2D eigenvalue weighted by atomic mass is 10.1. The summed E-state index contributed by atoms with van der Waals surface area (Å²) in [5.74, 6) is -0.647. The van der Waals surface area contributed by atoms with Gasteiger partial charge in [-0.15, -0.1) is 0 Å². The van der Waals surface area contributed by atoms with Crippen molar-refractivity contribution in [3.8, 4) is 5.75 Å². The van der Waals surface area contributed by atoms with Crippen LogP contribution in [0.4, 0.5) is 0 Å². The van der Waals surface area contributed by atoms with Crippen LogP contribution in [0.2, 0.25) is 0 Å². The fourth-order valence-electron chi connectivity index (χ4n) is 1.28. The zero-order chi connectivity index (χ0) is 12.8. The number of nitrogens with one attached hydrogen (secondary N) is 1. The first kappa shape index (κ1) is 13.0. The largest absolute Gasteiger partial charge is 0.497 e. The zero-order valence-corrected chi connectivity index (χ0v) is 9.77. The SMILES string of the molecule is COc1ccc(CC(=O)NC(C)C(=O)O)cc1. The molecule has 0 saturated carbocycles. The van der Waals surface area contributed by atoms with E-state index in [-0.39, 0.29) is 12.3 Å².